The van der Waals surface area contributed by atoms with E-state index in [0.717, 1.165) is 35.9 Å². The van der Waals surface area contributed by atoms with Gasteiger partial charge >= 0.3 is 6.09 Å². The van der Waals surface area contributed by atoms with Crippen molar-refractivity contribution in [1.29, 1.82) is 0 Å². The molecule has 1 saturated heterocycles. The lowest BCUT2D eigenvalue weighted by molar-refractivity contribution is 0.160. The highest BCUT2D eigenvalue weighted by Crippen LogP contribution is 2.35. The molecule has 1 aliphatic rings. The Hall–Kier alpha value is -2.41. The van der Waals surface area contributed by atoms with E-state index in [1.807, 2.05) is 13.0 Å². The predicted molar refractivity (Wildman–Crippen MR) is 94.1 cm³/mol. The normalized spacial score (nSPS) is 16.8. The van der Waals surface area contributed by atoms with Crippen LogP contribution in [-0.2, 0) is 9.47 Å². The summed E-state index contributed by atoms with van der Waals surface area (Å²) in [6.07, 6.45) is 3.87. The molecule has 25 heavy (non-hydrogen) atoms. The van der Waals surface area contributed by atoms with Crippen molar-refractivity contribution in [1.82, 2.24) is 9.97 Å². The van der Waals surface area contributed by atoms with Crippen LogP contribution in [0.4, 0.5) is 10.5 Å². The van der Waals surface area contributed by atoms with Crippen molar-refractivity contribution < 1.29 is 19.0 Å². The summed E-state index contributed by atoms with van der Waals surface area (Å²) < 4.78 is 16.0. The van der Waals surface area contributed by atoms with Gasteiger partial charge in [-0.25, -0.2) is 9.78 Å². The summed E-state index contributed by atoms with van der Waals surface area (Å²) in [7, 11) is 1.58. The Bertz CT molecular complexity index is 744. The van der Waals surface area contributed by atoms with Gasteiger partial charge in [0, 0.05) is 24.2 Å². The summed E-state index contributed by atoms with van der Waals surface area (Å²) >= 11 is 0. The number of methoxy groups -OCH3 is 1. The highest BCUT2D eigenvalue weighted by molar-refractivity contribution is 5.91. The fourth-order valence-electron chi connectivity index (χ4n) is 2.91. The number of unbranched alkanes of at least 4 members (excludes halogenated alkanes) is 1. The number of amides is 1. The minimum atomic E-state index is -0.474. The Morgan fingerprint density at radius 1 is 1.44 bits per heavy atom. The molecule has 0 bridgehead atoms. The van der Waals surface area contributed by atoms with E-state index < -0.39 is 6.09 Å². The Balaban J connectivity index is 1.95. The molecule has 0 radical (unpaired) electrons. The van der Waals surface area contributed by atoms with Gasteiger partial charge in [-0.2, -0.15) is 0 Å². The standard InChI is InChI=1S/C18H23N3O4/c1-3-4-8-25-18(22)20-14-10-19-13-5-6-15(23-2)21-17(13)16(14)12-7-9-24-11-12/h5-6,10,12H,3-4,7-9,11H2,1-2H3,(H,20,22). The lowest BCUT2D eigenvalue weighted by atomic mass is 9.96. The molecule has 1 aliphatic heterocycles. The summed E-state index contributed by atoms with van der Waals surface area (Å²) in [5.41, 5.74) is 3.02. The summed E-state index contributed by atoms with van der Waals surface area (Å²) in [4.78, 5) is 21.0. The first-order chi connectivity index (χ1) is 12.2. The number of nitrogens with one attached hydrogen (secondary N) is 1. The van der Waals surface area contributed by atoms with Gasteiger partial charge in [0.25, 0.3) is 0 Å². The molecule has 3 heterocycles. The first-order valence-electron chi connectivity index (χ1n) is 8.58. The number of hydrogen-bond acceptors (Lipinski definition) is 6. The quantitative estimate of drug-likeness (QED) is 0.807. The molecule has 0 saturated carbocycles. The Labute approximate surface area is 146 Å². The molecule has 1 fully saturated rings. The average molecular weight is 345 g/mol. The number of fused-ring (bicyclic) bond motifs is 1. The van der Waals surface area contributed by atoms with Crippen molar-refractivity contribution in [2.24, 2.45) is 0 Å². The Kier molecular flexibility index (Phi) is 5.65. The van der Waals surface area contributed by atoms with E-state index in [-0.39, 0.29) is 5.92 Å². The number of aromatic nitrogens is 2. The SMILES string of the molecule is CCCCOC(=O)Nc1cnc2ccc(OC)nc2c1C1CCOC1. The van der Waals surface area contributed by atoms with E-state index in [0.29, 0.717) is 31.4 Å². The molecule has 7 heteroatoms. The second-order valence-corrected chi connectivity index (χ2v) is 5.98. The van der Waals surface area contributed by atoms with Crippen molar-refractivity contribution in [3.8, 4) is 5.88 Å². The molecule has 1 unspecified atom stereocenters. The van der Waals surface area contributed by atoms with Gasteiger partial charge in [-0.3, -0.25) is 10.3 Å². The summed E-state index contributed by atoms with van der Waals surface area (Å²) in [5.74, 6) is 0.660. The van der Waals surface area contributed by atoms with Crippen LogP contribution >= 0.6 is 0 Å². The van der Waals surface area contributed by atoms with Gasteiger partial charge in [0.1, 0.15) is 0 Å². The number of pyridine rings is 2. The van der Waals surface area contributed by atoms with E-state index >= 15 is 0 Å². The second-order valence-electron chi connectivity index (χ2n) is 5.98. The maximum absolute atomic E-state index is 12.1. The highest BCUT2D eigenvalue weighted by Gasteiger charge is 2.25. The molecule has 134 valence electrons. The Morgan fingerprint density at radius 2 is 2.32 bits per heavy atom. The topological polar surface area (TPSA) is 82.6 Å². The number of carbonyl (C=O) groups is 1. The van der Waals surface area contributed by atoms with E-state index in [9.17, 15) is 4.79 Å². The van der Waals surface area contributed by atoms with Gasteiger partial charge in [-0.15, -0.1) is 0 Å². The molecule has 0 spiro atoms. The van der Waals surface area contributed by atoms with Crippen LogP contribution in [0.1, 0.15) is 37.7 Å². The third-order valence-corrected chi connectivity index (χ3v) is 4.24. The zero-order valence-electron chi connectivity index (χ0n) is 14.6. The molecule has 7 nitrogen and oxygen atoms in total. The molecule has 1 amide bonds. The molecule has 1 N–H and O–H groups in total. The third kappa shape index (κ3) is 3.99. The van der Waals surface area contributed by atoms with Crippen LogP contribution in [0.2, 0.25) is 0 Å². The second kappa shape index (κ2) is 8.11. The van der Waals surface area contributed by atoms with Crippen LogP contribution in [0.5, 0.6) is 5.88 Å². The first-order valence-corrected chi connectivity index (χ1v) is 8.58. The van der Waals surface area contributed by atoms with Gasteiger partial charge in [-0.1, -0.05) is 13.3 Å². The molecular weight excluding hydrogens is 322 g/mol. The van der Waals surface area contributed by atoms with Crippen molar-refractivity contribution in [3.05, 3.63) is 23.9 Å². The summed E-state index contributed by atoms with van der Waals surface area (Å²) in [6.45, 7) is 3.74. The van der Waals surface area contributed by atoms with Gasteiger partial charge in [0.05, 0.1) is 43.2 Å². The van der Waals surface area contributed by atoms with Crippen molar-refractivity contribution in [3.63, 3.8) is 0 Å². The fourth-order valence-corrected chi connectivity index (χ4v) is 2.91. The monoisotopic (exact) mass is 345 g/mol. The predicted octanol–water partition coefficient (Wildman–Crippen LogP) is 3.49. The van der Waals surface area contributed by atoms with Gasteiger partial charge < -0.3 is 14.2 Å². The Morgan fingerprint density at radius 3 is 3.04 bits per heavy atom. The van der Waals surface area contributed by atoms with E-state index in [4.69, 9.17) is 14.2 Å². The van der Waals surface area contributed by atoms with Gasteiger partial charge in [-0.05, 0) is 18.9 Å². The molecule has 1 atom stereocenters. The smallest absolute Gasteiger partial charge is 0.411 e. The van der Waals surface area contributed by atoms with Crippen molar-refractivity contribution in [2.45, 2.75) is 32.1 Å². The first kappa shape index (κ1) is 17.4. The third-order valence-electron chi connectivity index (χ3n) is 4.24. The molecule has 2 aromatic heterocycles. The number of anilines is 1. The minimum Gasteiger partial charge on any atom is -0.481 e. The number of hydrogen-bond donors (Lipinski definition) is 1. The van der Waals surface area contributed by atoms with Crippen LogP contribution in [0.25, 0.3) is 11.0 Å². The van der Waals surface area contributed by atoms with E-state index in [1.165, 1.54) is 0 Å². The molecule has 0 aliphatic carbocycles. The number of nitrogens with zero attached hydrogens (tertiary/aromatic N) is 2. The fraction of sp³-hybridized carbons (Fsp3) is 0.500. The van der Waals surface area contributed by atoms with Crippen LogP contribution in [0.3, 0.4) is 0 Å². The largest absolute Gasteiger partial charge is 0.481 e. The lowest BCUT2D eigenvalue weighted by Crippen LogP contribution is -2.17. The average Bonchev–Trinajstić information content (AvgIpc) is 3.15. The maximum atomic E-state index is 12.1. The number of carbonyl (C=O) groups excluding carboxylic acids is 1. The minimum absolute atomic E-state index is 0.149. The van der Waals surface area contributed by atoms with Crippen LogP contribution in [0.15, 0.2) is 18.3 Å². The molecule has 3 rings (SSSR count). The van der Waals surface area contributed by atoms with Crippen LogP contribution in [0, 0.1) is 0 Å². The highest BCUT2D eigenvalue weighted by atomic mass is 16.5. The molecular formula is C18H23N3O4. The summed E-state index contributed by atoms with van der Waals surface area (Å²) in [5, 5.41) is 2.82. The molecule has 0 aromatic carbocycles. The van der Waals surface area contributed by atoms with E-state index in [1.54, 1.807) is 19.4 Å². The number of ether oxygens (including phenoxy) is 3. The van der Waals surface area contributed by atoms with Gasteiger partial charge in [0.15, 0.2) is 0 Å². The zero-order valence-corrected chi connectivity index (χ0v) is 14.6. The lowest BCUT2D eigenvalue weighted by Gasteiger charge is -2.17. The zero-order chi connectivity index (χ0) is 17.6. The van der Waals surface area contributed by atoms with Crippen molar-refractivity contribution in [2.75, 3.05) is 32.2 Å². The van der Waals surface area contributed by atoms with E-state index in [2.05, 4.69) is 15.3 Å². The van der Waals surface area contributed by atoms with Crippen LogP contribution in [-0.4, -0.2) is 43.0 Å². The summed E-state index contributed by atoms with van der Waals surface area (Å²) in [6, 6.07) is 3.64. The number of rotatable bonds is 6. The maximum Gasteiger partial charge on any atom is 0.411 e. The van der Waals surface area contributed by atoms with Gasteiger partial charge in [0.2, 0.25) is 5.88 Å². The van der Waals surface area contributed by atoms with Crippen molar-refractivity contribution >= 4 is 22.8 Å². The molecule has 2 aromatic rings. The van der Waals surface area contributed by atoms with Crippen LogP contribution < -0.4 is 10.1 Å².